The van der Waals surface area contributed by atoms with Crippen molar-refractivity contribution in [1.82, 2.24) is 4.98 Å². The van der Waals surface area contributed by atoms with Gasteiger partial charge in [0.1, 0.15) is 5.76 Å². The number of rotatable bonds is 6. The quantitative estimate of drug-likeness (QED) is 0.602. The van der Waals surface area contributed by atoms with Crippen molar-refractivity contribution in [1.29, 1.82) is 0 Å². The summed E-state index contributed by atoms with van der Waals surface area (Å²) in [5, 5.41) is 5.29. The third-order valence-electron chi connectivity index (χ3n) is 4.14. The fraction of sp³-hybridized carbons (Fsp3) is 0.182. The fourth-order valence-electron chi connectivity index (χ4n) is 2.64. The Morgan fingerprint density at radius 1 is 0.967 bits per heavy atom. The van der Waals surface area contributed by atoms with Crippen molar-refractivity contribution in [3.63, 3.8) is 0 Å². The molecule has 154 valence electrons. The molecule has 2 aromatic carbocycles. The number of esters is 1. The number of hydrogen-bond donors (Lipinski definition) is 2. The average Bonchev–Trinajstić information content (AvgIpc) is 3.11. The monoisotopic (exact) mass is 407 g/mol. The molecule has 0 saturated heterocycles. The highest BCUT2D eigenvalue weighted by Gasteiger charge is 2.24. The van der Waals surface area contributed by atoms with Crippen LogP contribution in [0.1, 0.15) is 30.1 Å². The van der Waals surface area contributed by atoms with Crippen LogP contribution >= 0.6 is 0 Å². The van der Waals surface area contributed by atoms with Gasteiger partial charge in [0, 0.05) is 23.9 Å². The third kappa shape index (κ3) is 5.11. The van der Waals surface area contributed by atoms with E-state index in [-0.39, 0.29) is 11.6 Å². The van der Waals surface area contributed by atoms with Gasteiger partial charge in [0.15, 0.2) is 11.8 Å². The van der Waals surface area contributed by atoms with Crippen molar-refractivity contribution < 1.29 is 23.5 Å². The first-order chi connectivity index (χ1) is 14.3. The highest BCUT2D eigenvalue weighted by atomic mass is 16.5. The molecule has 0 bridgehead atoms. The summed E-state index contributed by atoms with van der Waals surface area (Å²) in [5.74, 6) is -0.829. The van der Waals surface area contributed by atoms with E-state index >= 15 is 0 Å². The Balaban J connectivity index is 1.62. The number of nitrogens with one attached hydrogen (secondary N) is 2. The predicted octanol–water partition coefficient (Wildman–Crippen LogP) is 3.79. The minimum absolute atomic E-state index is 0.0214. The lowest BCUT2D eigenvalue weighted by atomic mass is 10.2. The van der Waals surface area contributed by atoms with Crippen molar-refractivity contribution in [2.75, 3.05) is 10.6 Å². The van der Waals surface area contributed by atoms with Gasteiger partial charge in [-0.15, -0.1) is 0 Å². The van der Waals surface area contributed by atoms with E-state index in [1.54, 1.807) is 31.2 Å². The van der Waals surface area contributed by atoms with Crippen molar-refractivity contribution in [2.24, 2.45) is 0 Å². The highest BCUT2D eigenvalue weighted by Crippen LogP contribution is 2.22. The average molecular weight is 407 g/mol. The maximum atomic E-state index is 12.5. The molecule has 3 aromatic rings. The van der Waals surface area contributed by atoms with Gasteiger partial charge in [-0.25, -0.2) is 9.78 Å². The summed E-state index contributed by atoms with van der Waals surface area (Å²) in [6.07, 6.45) is -1.05. The third-order valence-corrected chi connectivity index (χ3v) is 4.14. The van der Waals surface area contributed by atoms with Crippen LogP contribution in [0.5, 0.6) is 0 Å². The van der Waals surface area contributed by atoms with Crippen LogP contribution in [0.15, 0.2) is 59.0 Å². The van der Waals surface area contributed by atoms with Crippen LogP contribution < -0.4 is 10.6 Å². The van der Waals surface area contributed by atoms with Gasteiger partial charge in [-0.05, 0) is 50.2 Å². The number of amides is 2. The molecule has 1 aromatic heterocycles. The summed E-state index contributed by atoms with van der Waals surface area (Å²) in [7, 11) is 0. The van der Waals surface area contributed by atoms with Gasteiger partial charge < -0.3 is 19.8 Å². The minimum Gasteiger partial charge on any atom is -0.448 e. The molecule has 30 heavy (non-hydrogen) atoms. The van der Waals surface area contributed by atoms with Crippen LogP contribution in [-0.2, 0) is 14.3 Å². The van der Waals surface area contributed by atoms with E-state index in [0.717, 1.165) is 5.56 Å². The normalized spacial score (nSPS) is 11.4. The molecule has 0 aliphatic rings. The Morgan fingerprint density at radius 2 is 1.57 bits per heavy atom. The molecule has 0 aliphatic heterocycles. The molecule has 0 unspecified atom stereocenters. The number of benzene rings is 2. The van der Waals surface area contributed by atoms with Crippen molar-refractivity contribution in [2.45, 2.75) is 26.9 Å². The van der Waals surface area contributed by atoms with Crippen LogP contribution in [0, 0.1) is 6.92 Å². The van der Waals surface area contributed by atoms with Gasteiger partial charge in [-0.1, -0.05) is 18.2 Å². The molecule has 8 nitrogen and oxygen atoms in total. The first-order valence-electron chi connectivity index (χ1n) is 9.26. The Hall–Kier alpha value is -3.94. The van der Waals surface area contributed by atoms with E-state index in [0.29, 0.717) is 23.0 Å². The fourth-order valence-corrected chi connectivity index (χ4v) is 2.64. The van der Waals surface area contributed by atoms with Gasteiger partial charge in [-0.3, -0.25) is 9.59 Å². The summed E-state index contributed by atoms with van der Waals surface area (Å²) in [4.78, 5) is 40.1. The molecule has 2 N–H and O–H groups in total. The Kier molecular flexibility index (Phi) is 6.26. The Bertz CT molecular complexity index is 1060. The molecule has 0 fully saturated rings. The van der Waals surface area contributed by atoms with Gasteiger partial charge in [0.2, 0.25) is 11.8 Å². The molecule has 0 aliphatic carbocycles. The summed E-state index contributed by atoms with van der Waals surface area (Å²) in [5.41, 5.74) is 1.86. The van der Waals surface area contributed by atoms with Gasteiger partial charge in [0.25, 0.3) is 5.91 Å². The van der Waals surface area contributed by atoms with Gasteiger partial charge in [-0.2, -0.15) is 0 Å². The number of nitrogens with zero attached hydrogens (tertiary/aromatic N) is 1. The zero-order chi connectivity index (χ0) is 21.7. The molecule has 1 heterocycles. The standard InChI is InChI=1S/C22H21N3O5/c1-13-19(25-21(29-13)16-7-5-4-6-8-16)22(28)30-14(2)20(27)24-18-11-9-17(10-12-18)23-15(3)26/h4-12,14H,1-3H3,(H,23,26)(H,24,27)/t14-/m1/s1. The lowest BCUT2D eigenvalue weighted by Crippen LogP contribution is -2.30. The number of oxazole rings is 1. The first kappa shape index (κ1) is 20.8. The van der Waals surface area contributed by atoms with E-state index in [2.05, 4.69) is 15.6 Å². The van der Waals surface area contributed by atoms with E-state index in [1.165, 1.54) is 13.8 Å². The predicted molar refractivity (Wildman–Crippen MR) is 111 cm³/mol. The number of hydrogen-bond acceptors (Lipinski definition) is 6. The van der Waals surface area contributed by atoms with Crippen LogP contribution in [0.3, 0.4) is 0 Å². The number of ether oxygens (including phenoxy) is 1. The van der Waals surface area contributed by atoms with Crippen molar-refractivity contribution in [3.05, 3.63) is 66.1 Å². The minimum atomic E-state index is -1.05. The Morgan fingerprint density at radius 3 is 2.17 bits per heavy atom. The molecule has 3 rings (SSSR count). The number of carbonyl (C=O) groups is 3. The van der Waals surface area contributed by atoms with E-state index in [9.17, 15) is 14.4 Å². The van der Waals surface area contributed by atoms with Crippen LogP contribution in [0.2, 0.25) is 0 Å². The van der Waals surface area contributed by atoms with Gasteiger partial charge in [0.05, 0.1) is 0 Å². The molecule has 0 spiro atoms. The summed E-state index contributed by atoms with van der Waals surface area (Å²) < 4.78 is 10.8. The smallest absolute Gasteiger partial charge is 0.361 e. The second kappa shape index (κ2) is 9.04. The zero-order valence-electron chi connectivity index (χ0n) is 16.8. The molecule has 1 atom stereocenters. The molecule has 8 heteroatoms. The number of aryl methyl sites for hydroxylation is 1. The maximum Gasteiger partial charge on any atom is 0.361 e. The molecule has 2 amide bonds. The van der Waals surface area contributed by atoms with Gasteiger partial charge >= 0.3 is 5.97 Å². The van der Waals surface area contributed by atoms with E-state index in [1.807, 2.05) is 30.3 Å². The number of aromatic nitrogens is 1. The number of anilines is 2. The van der Waals surface area contributed by atoms with Crippen LogP contribution in [-0.4, -0.2) is 28.9 Å². The largest absolute Gasteiger partial charge is 0.448 e. The van der Waals surface area contributed by atoms with Crippen molar-refractivity contribution in [3.8, 4) is 11.5 Å². The first-order valence-corrected chi connectivity index (χ1v) is 9.26. The molecular formula is C22H21N3O5. The SMILES string of the molecule is CC(=O)Nc1ccc(NC(=O)[C@@H](C)OC(=O)c2nc(-c3ccccc3)oc2C)cc1. The summed E-state index contributed by atoms with van der Waals surface area (Å²) in [6, 6.07) is 15.7. The van der Waals surface area contributed by atoms with Crippen LogP contribution in [0.25, 0.3) is 11.5 Å². The summed E-state index contributed by atoms with van der Waals surface area (Å²) in [6.45, 7) is 4.48. The topological polar surface area (TPSA) is 111 Å². The van der Waals surface area contributed by atoms with Crippen molar-refractivity contribution >= 4 is 29.2 Å². The highest BCUT2D eigenvalue weighted by molar-refractivity contribution is 5.97. The van der Waals surface area contributed by atoms with E-state index in [4.69, 9.17) is 9.15 Å². The second-order valence-electron chi connectivity index (χ2n) is 6.59. The maximum absolute atomic E-state index is 12.5. The van der Waals surface area contributed by atoms with E-state index < -0.39 is 18.0 Å². The Labute approximate surface area is 173 Å². The van der Waals surface area contributed by atoms with Crippen LogP contribution in [0.4, 0.5) is 11.4 Å². The lowest BCUT2D eigenvalue weighted by Gasteiger charge is -2.13. The zero-order valence-corrected chi connectivity index (χ0v) is 16.8. The molecular weight excluding hydrogens is 386 g/mol. The lowest BCUT2D eigenvalue weighted by molar-refractivity contribution is -0.123. The number of carbonyl (C=O) groups excluding carboxylic acids is 3. The molecule has 0 radical (unpaired) electrons. The molecule has 0 saturated carbocycles. The summed E-state index contributed by atoms with van der Waals surface area (Å²) >= 11 is 0. The second-order valence-corrected chi connectivity index (χ2v) is 6.59.